The van der Waals surface area contributed by atoms with E-state index in [1.54, 1.807) is 6.07 Å². The number of imide groups is 1. The number of hydrogen-bond acceptors (Lipinski definition) is 4. The van der Waals surface area contributed by atoms with Gasteiger partial charge in [-0.1, -0.05) is 6.07 Å². The Hall–Kier alpha value is -2.29. The largest absolute Gasteiger partial charge is 0.416 e. The molecule has 3 N–H and O–H groups in total. The van der Waals surface area contributed by atoms with Gasteiger partial charge in [0.1, 0.15) is 0 Å². The van der Waals surface area contributed by atoms with E-state index in [2.05, 4.69) is 4.90 Å². The molecule has 0 aromatic heterocycles. The summed E-state index contributed by atoms with van der Waals surface area (Å²) in [5.41, 5.74) is 4.77. The van der Waals surface area contributed by atoms with Crippen molar-refractivity contribution >= 4 is 17.6 Å². The highest BCUT2D eigenvalue weighted by atomic mass is 19.4. The average molecular weight is 358 g/mol. The van der Waals surface area contributed by atoms with E-state index in [1.807, 2.05) is 17.1 Å². The third kappa shape index (κ3) is 5.35. The molecule has 0 saturated carbocycles. The third-order valence-electron chi connectivity index (χ3n) is 4.22. The van der Waals surface area contributed by atoms with E-state index < -0.39 is 23.7 Å². The minimum Gasteiger partial charge on any atom is -0.369 e. The minimum atomic E-state index is -4.36. The van der Waals surface area contributed by atoms with Gasteiger partial charge in [0.05, 0.1) is 5.56 Å². The maximum Gasteiger partial charge on any atom is 0.416 e. The van der Waals surface area contributed by atoms with Gasteiger partial charge >= 0.3 is 12.2 Å². The van der Waals surface area contributed by atoms with Gasteiger partial charge in [-0.05, 0) is 25.1 Å². The maximum absolute atomic E-state index is 12.8. The second-order valence-electron chi connectivity index (χ2n) is 6.04. The zero-order valence-corrected chi connectivity index (χ0v) is 13.8. The van der Waals surface area contributed by atoms with Crippen molar-refractivity contribution in [3.63, 3.8) is 0 Å². The summed E-state index contributed by atoms with van der Waals surface area (Å²) >= 11 is 0. The van der Waals surface area contributed by atoms with Gasteiger partial charge in [0, 0.05) is 44.3 Å². The van der Waals surface area contributed by atoms with Crippen molar-refractivity contribution < 1.29 is 22.8 Å². The van der Waals surface area contributed by atoms with Crippen LogP contribution in [0.15, 0.2) is 24.3 Å². The van der Waals surface area contributed by atoms with E-state index >= 15 is 0 Å². The zero-order chi connectivity index (χ0) is 18.6. The summed E-state index contributed by atoms with van der Waals surface area (Å²) < 4.78 is 38.5. The van der Waals surface area contributed by atoms with Gasteiger partial charge in [-0.25, -0.2) is 4.79 Å². The van der Waals surface area contributed by atoms with Crippen LogP contribution in [0.4, 0.5) is 23.7 Å². The van der Waals surface area contributed by atoms with Gasteiger partial charge in [0.25, 0.3) is 0 Å². The number of benzene rings is 1. The lowest BCUT2D eigenvalue weighted by molar-refractivity contribution is -0.137. The Labute approximate surface area is 143 Å². The highest BCUT2D eigenvalue weighted by molar-refractivity contribution is 5.93. The van der Waals surface area contributed by atoms with Crippen LogP contribution >= 0.6 is 0 Å². The van der Waals surface area contributed by atoms with Crippen LogP contribution in [0, 0.1) is 0 Å². The van der Waals surface area contributed by atoms with Crippen molar-refractivity contribution in [2.24, 2.45) is 5.73 Å². The summed E-state index contributed by atoms with van der Waals surface area (Å²) in [6.07, 6.45) is -4.23. The first kappa shape index (κ1) is 19.0. The van der Waals surface area contributed by atoms with Crippen LogP contribution in [0.1, 0.15) is 18.9 Å². The summed E-state index contributed by atoms with van der Waals surface area (Å²) in [7, 11) is 0. The summed E-state index contributed by atoms with van der Waals surface area (Å²) in [5, 5.41) is 2.02. The molecule has 25 heavy (non-hydrogen) atoms. The molecule has 1 unspecified atom stereocenters. The van der Waals surface area contributed by atoms with E-state index in [4.69, 9.17) is 5.73 Å². The molecule has 0 spiro atoms. The normalized spacial score (nSPS) is 17.2. The fraction of sp³-hybridized carbons (Fsp3) is 0.500. The fourth-order valence-electron chi connectivity index (χ4n) is 2.89. The van der Waals surface area contributed by atoms with Crippen LogP contribution in [0.3, 0.4) is 0 Å². The van der Waals surface area contributed by atoms with E-state index in [0.717, 1.165) is 12.1 Å². The number of hydrogen-bond donors (Lipinski definition) is 2. The predicted molar refractivity (Wildman–Crippen MR) is 87.0 cm³/mol. The number of urea groups is 1. The summed E-state index contributed by atoms with van der Waals surface area (Å²) in [4.78, 5) is 26.2. The average Bonchev–Trinajstić information content (AvgIpc) is 2.53. The molecule has 1 saturated heterocycles. The Balaban J connectivity index is 1.91. The smallest absolute Gasteiger partial charge is 0.369 e. The minimum absolute atomic E-state index is 0.0944. The molecule has 2 rings (SSSR count). The van der Waals surface area contributed by atoms with Gasteiger partial charge in [0.15, 0.2) is 0 Å². The number of halogens is 3. The highest BCUT2D eigenvalue weighted by Gasteiger charge is 2.31. The number of nitrogens with two attached hydrogens (primary N) is 1. The van der Waals surface area contributed by atoms with Crippen molar-refractivity contribution in [3.05, 3.63) is 29.8 Å². The lowest BCUT2D eigenvalue weighted by atomic mass is 10.1. The number of nitrogens with one attached hydrogen (secondary N) is 1. The molecule has 1 aromatic rings. The monoisotopic (exact) mass is 358 g/mol. The number of carbonyl (C=O) groups excluding carboxylic acids is 2. The maximum atomic E-state index is 12.8. The number of nitrogens with zero attached hydrogens (tertiary/aromatic N) is 2. The lowest BCUT2D eigenvalue weighted by Gasteiger charge is -2.39. The molecule has 1 atom stereocenters. The van der Waals surface area contributed by atoms with Crippen LogP contribution in [0.25, 0.3) is 0 Å². The first-order valence-corrected chi connectivity index (χ1v) is 7.92. The van der Waals surface area contributed by atoms with Gasteiger partial charge in [0.2, 0.25) is 5.91 Å². The molecular formula is C16H21F3N4O2. The SMILES string of the molecule is CC(CC(=O)NC(N)=O)N1CCN(c2cccc(C(F)(F)F)c2)CC1. The fourth-order valence-corrected chi connectivity index (χ4v) is 2.89. The molecule has 1 aliphatic rings. The second kappa shape index (κ2) is 7.73. The molecule has 6 nitrogen and oxygen atoms in total. The summed E-state index contributed by atoms with van der Waals surface area (Å²) in [6, 6.07) is 4.30. The highest BCUT2D eigenvalue weighted by Crippen LogP contribution is 2.31. The summed E-state index contributed by atoms with van der Waals surface area (Å²) in [6.45, 7) is 4.20. The van der Waals surface area contributed by atoms with Gasteiger partial charge < -0.3 is 10.6 Å². The van der Waals surface area contributed by atoms with Crippen LogP contribution in [0.5, 0.6) is 0 Å². The molecular weight excluding hydrogens is 337 g/mol. The van der Waals surface area contributed by atoms with Crippen molar-refractivity contribution in [3.8, 4) is 0 Å². The standard InChI is InChI=1S/C16H21F3N4O2/c1-11(9-14(24)21-15(20)25)22-5-7-23(8-6-22)13-4-2-3-12(10-13)16(17,18)19/h2-4,10-11H,5-9H2,1H3,(H3,20,21,24,25). The Morgan fingerprint density at radius 1 is 1.24 bits per heavy atom. The number of primary amides is 1. The zero-order valence-electron chi connectivity index (χ0n) is 13.8. The third-order valence-corrected chi connectivity index (χ3v) is 4.22. The van der Waals surface area contributed by atoms with Gasteiger partial charge in [-0.15, -0.1) is 0 Å². The first-order valence-electron chi connectivity index (χ1n) is 7.92. The molecule has 138 valence electrons. The van der Waals surface area contributed by atoms with E-state index in [9.17, 15) is 22.8 Å². The number of carbonyl (C=O) groups is 2. The topological polar surface area (TPSA) is 78.7 Å². The molecule has 1 heterocycles. The van der Waals surface area contributed by atoms with Crippen molar-refractivity contribution in [2.75, 3.05) is 31.1 Å². The Morgan fingerprint density at radius 3 is 2.44 bits per heavy atom. The Bertz CT molecular complexity index is 628. The number of rotatable bonds is 4. The molecule has 0 radical (unpaired) electrons. The molecule has 0 bridgehead atoms. The molecule has 1 aliphatic heterocycles. The van der Waals surface area contributed by atoms with Crippen LogP contribution in [-0.4, -0.2) is 49.1 Å². The molecule has 9 heteroatoms. The number of piperazine rings is 1. The lowest BCUT2D eigenvalue weighted by Crippen LogP contribution is -2.51. The van der Waals surface area contributed by atoms with Crippen molar-refractivity contribution in [2.45, 2.75) is 25.6 Å². The number of alkyl halides is 3. The molecule has 1 fully saturated rings. The van der Waals surface area contributed by atoms with E-state index in [1.165, 1.54) is 6.07 Å². The van der Waals surface area contributed by atoms with Crippen molar-refractivity contribution in [1.29, 1.82) is 0 Å². The quantitative estimate of drug-likeness (QED) is 0.860. The van der Waals surface area contributed by atoms with Crippen LogP contribution in [-0.2, 0) is 11.0 Å². The first-order chi connectivity index (χ1) is 11.7. The summed E-state index contributed by atoms with van der Waals surface area (Å²) in [5.74, 6) is -0.444. The molecule has 3 amide bonds. The molecule has 0 aliphatic carbocycles. The Morgan fingerprint density at radius 2 is 1.88 bits per heavy atom. The van der Waals surface area contributed by atoms with Gasteiger partial charge in [-0.3, -0.25) is 15.0 Å². The molecule has 1 aromatic carbocycles. The van der Waals surface area contributed by atoms with E-state index in [0.29, 0.717) is 31.9 Å². The van der Waals surface area contributed by atoms with E-state index in [-0.39, 0.29) is 12.5 Å². The van der Waals surface area contributed by atoms with Crippen LogP contribution < -0.4 is 16.0 Å². The number of anilines is 1. The van der Waals surface area contributed by atoms with Gasteiger partial charge in [-0.2, -0.15) is 13.2 Å². The second-order valence-corrected chi connectivity index (χ2v) is 6.04. The Kier molecular flexibility index (Phi) is 5.89. The van der Waals surface area contributed by atoms with Crippen molar-refractivity contribution in [1.82, 2.24) is 10.2 Å². The predicted octanol–water partition coefficient (Wildman–Crippen LogP) is 1.80. The van der Waals surface area contributed by atoms with Crippen LogP contribution in [0.2, 0.25) is 0 Å². The number of amides is 3.